The summed E-state index contributed by atoms with van der Waals surface area (Å²) in [6.07, 6.45) is 30.3. The molecule has 19 heteroatoms. The summed E-state index contributed by atoms with van der Waals surface area (Å²) in [5.74, 6) is -1.28. The fourth-order valence-corrected chi connectivity index (χ4v) is 8.72. The minimum Gasteiger partial charge on any atom is -0.462 e. The average molecular weight is 1020 g/mol. The third kappa shape index (κ3) is 34.4. The Hall–Kier alpha value is -2.60. The highest BCUT2D eigenvalue weighted by molar-refractivity contribution is 7.47. The van der Waals surface area contributed by atoms with E-state index < -0.39 is 89.6 Å². The molecule has 0 aliphatic heterocycles. The van der Waals surface area contributed by atoms with Crippen molar-refractivity contribution in [1.82, 2.24) is 0 Å². The first kappa shape index (κ1) is 64.4. The predicted octanol–water partition coefficient (Wildman–Crippen LogP) is 8.98. The summed E-state index contributed by atoms with van der Waals surface area (Å²) in [5, 5.41) is 51.2. The molecular weight excluding hydrogens is 934 g/mol. The number of aliphatic hydroxyl groups is 5. The van der Waals surface area contributed by atoms with Crippen molar-refractivity contribution in [2.75, 3.05) is 13.2 Å². The van der Waals surface area contributed by atoms with Crippen LogP contribution in [0.25, 0.3) is 0 Å². The molecule has 1 aliphatic rings. The Kier molecular flexibility index (Phi) is 37.3. The maximum atomic E-state index is 13.0. The van der Waals surface area contributed by atoms with Crippen molar-refractivity contribution in [1.29, 1.82) is 0 Å². The lowest BCUT2D eigenvalue weighted by atomic mass is 9.85. The second kappa shape index (κ2) is 39.9. The van der Waals surface area contributed by atoms with Crippen LogP contribution in [0.1, 0.15) is 168 Å². The van der Waals surface area contributed by atoms with Crippen LogP contribution in [0.2, 0.25) is 0 Å². The molecule has 0 heterocycles. The summed E-state index contributed by atoms with van der Waals surface area (Å²) in [4.78, 5) is 54.4. The van der Waals surface area contributed by atoms with Gasteiger partial charge in [-0.25, -0.2) is 9.13 Å². The Morgan fingerprint density at radius 1 is 0.551 bits per heavy atom. The van der Waals surface area contributed by atoms with Crippen LogP contribution < -0.4 is 0 Å². The zero-order valence-corrected chi connectivity index (χ0v) is 42.9. The molecule has 1 saturated carbocycles. The topological polar surface area (TPSA) is 276 Å². The Morgan fingerprint density at radius 3 is 1.62 bits per heavy atom. The fourth-order valence-electron chi connectivity index (χ4n) is 7.19. The lowest BCUT2D eigenvalue weighted by Crippen LogP contribution is -2.64. The molecule has 398 valence electrons. The quantitative estimate of drug-likeness (QED) is 0.00932. The van der Waals surface area contributed by atoms with Crippen molar-refractivity contribution < 1.29 is 82.0 Å². The van der Waals surface area contributed by atoms with Gasteiger partial charge in [-0.3, -0.25) is 23.2 Å². The number of aliphatic hydroxyl groups excluding tert-OH is 5. The van der Waals surface area contributed by atoms with Crippen LogP contribution in [0.5, 0.6) is 0 Å². The summed E-state index contributed by atoms with van der Waals surface area (Å²) in [6.45, 7) is 2.85. The van der Waals surface area contributed by atoms with Crippen LogP contribution in [0.4, 0.5) is 0 Å². The fraction of sp³-hybridized carbons (Fsp3) is 0.720. The van der Waals surface area contributed by atoms with E-state index in [-0.39, 0.29) is 12.8 Å². The van der Waals surface area contributed by atoms with Crippen molar-refractivity contribution in [3.05, 3.63) is 72.9 Å². The van der Waals surface area contributed by atoms with E-state index in [1.165, 1.54) is 25.7 Å². The van der Waals surface area contributed by atoms with Crippen molar-refractivity contribution in [2.24, 2.45) is 0 Å². The summed E-state index contributed by atoms with van der Waals surface area (Å²) < 4.78 is 49.4. The summed E-state index contributed by atoms with van der Waals surface area (Å²) in [5.41, 5.74) is 0. The number of rotatable bonds is 41. The van der Waals surface area contributed by atoms with Gasteiger partial charge in [0.25, 0.3) is 0 Å². The van der Waals surface area contributed by atoms with Crippen LogP contribution in [0, 0.1) is 0 Å². The maximum absolute atomic E-state index is 13.0. The maximum Gasteiger partial charge on any atom is 0.472 e. The number of esters is 2. The molecule has 8 N–H and O–H groups in total. The van der Waals surface area contributed by atoms with Gasteiger partial charge >= 0.3 is 27.6 Å². The molecule has 0 bridgehead atoms. The van der Waals surface area contributed by atoms with Gasteiger partial charge in [0, 0.05) is 12.8 Å². The first-order valence-electron chi connectivity index (χ1n) is 25.1. The molecule has 0 aromatic heterocycles. The molecule has 0 aromatic rings. The van der Waals surface area contributed by atoms with Gasteiger partial charge in [0.05, 0.1) is 12.7 Å². The summed E-state index contributed by atoms with van der Waals surface area (Å²) >= 11 is 0. The minimum atomic E-state index is -5.38. The average Bonchev–Trinajstić information content (AvgIpc) is 3.30. The van der Waals surface area contributed by atoms with E-state index in [0.29, 0.717) is 19.3 Å². The van der Waals surface area contributed by atoms with E-state index in [4.69, 9.17) is 18.5 Å². The summed E-state index contributed by atoms with van der Waals surface area (Å²) in [7, 11) is -10.7. The molecule has 0 aromatic carbocycles. The Bertz CT molecular complexity index is 1630. The monoisotopic (exact) mass is 1020 g/mol. The van der Waals surface area contributed by atoms with Crippen molar-refractivity contribution >= 4 is 27.6 Å². The van der Waals surface area contributed by atoms with Gasteiger partial charge < -0.3 is 49.7 Å². The van der Waals surface area contributed by atoms with Crippen LogP contribution >= 0.6 is 15.6 Å². The van der Waals surface area contributed by atoms with E-state index in [1.54, 1.807) is 6.08 Å². The zero-order valence-electron chi connectivity index (χ0n) is 41.1. The van der Waals surface area contributed by atoms with E-state index in [9.17, 15) is 58.9 Å². The first-order chi connectivity index (χ1) is 33.0. The molecule has 0 saturated heterocycles. The highest BCUT2D eigenvalue weighted by Gasteiger charge is 2.54. The third-order valence-corrected chi connectivity index (χ3v) is 12.6. The molecule has 0 radical (unpaired) electrons. The van der Waals surface area contributed by atoms with Crippen LogP contribution in [-0.2, 0) is 41.8 Å². The van der Waals surface area contributed by atoms with E-state index in [2.05, 4.69) is 47.9 Å². The Balaban J connectivity index is 2.59. The van der Waals surface area contributed by atoms with Crippen LogP contribution in [-0.4, -0.2) is 114 Å². The lowest BCUT2D eigenvalue weighted by molar-refractivity contribution is -0.216. The number of hydrogen-bond donors (Lipinski definition) is 8. The van der Waals surface area contributed by atoms with Crippen molar-refractivity contribution in [2.45, 2.75) is 217 Å². The highest BCUT2D eigenvalue weighted by atomic mass is 31.2. The largest absolute Gasteiger partial charge is 0.472 e. The van der Waals surface area contributed by atoms with Gasteiger partial charge in [-0.1, -0.05) is 151 Å². The molecule has 1 fully saturated rings. The molecule has 69 heavy (non-hydrogen) atoms. The zero-order chi connectivity index (χ0) is 51.2. The third-order valence-electron chi connectivity index (χ3n) is 11.1. The molecule has 0 amide bonds. The molecule has 17 nitrogen and oxygen atoms in total. The van der Waals surface area contributed by atoms with Gasteiger partial charge in [-0.15, -0.1) is 0 Å². The summed E-state index contributed by atoms with van der Waals surface area (Å²) in [6, 6.07) is 0. The van der Waals surface area contributed by atoms with Crippen LogP contribution in [0.3, 0.4) is 0 Å². The van der Waals surface area contributed by atoms with Gasteiger partial charge in [-0.05, 0) is 77.0 Å². The smallest absolute Gasteiger partial charge is 0.462 e. The van der Waals surface area contributed by atoms with Gasteiger partial charge in [0.1, 0.15) is 43.2 Å². The van der Waals surface area contributed by atoms with E-state index in [1.807, 2.05) is 37.3 Å². The number of hydrogen-bond acceptors (Lipinski definition) is 14. The second-order valence-corrected chi connectivity index (χ2v) is 19.9. The lowest BCUT2D eigenvalue weighted by Gasteiger charge is -2.43. The van der Waals surface area contributed by atoms with E-state index in [0.717, 1.165) is 96.3 Å². The number of carbonyl (C=O) groups excluding carboxylic acids is 2. The number of phosphoric ester groups is 2. The SMILES string of the molecule is CC/C=C/CC(O)/C=C/C=C/CCCCCCCC(=O)OC[C@H](COP(=O)(O)O[C@H]1C(O)C(O)C(O)[C@@H](OP(=O)(O)O)C1O)OC(=O)CCCCCCCC/C=C\C/C=C\C/C=C\CCCCCC. The van der Waals surface area contributed by atoms with Crippen molar-refractivity contribution in [3.8, 4) is 0 Å². The standard InChI is InChI=1S/C50H86O17P2/c1-3-5-7-8-9-10-11-12-13-14-15-16-17-18-19-20-23-27-30-34-38-44(53)65-42(39-63-43(52)37-33-29-26-24-21-22-25-28-32-36-41(51)35-31-6-4-2)40-64-69(61,62)67-50-47(56)45(54)46(55)49(48(50)57)66-68(58,59)60/h6,10-11,13-14,16-17,25,28,31-32,36,41-42,45-51,54-57H,3-5,7-9,12,15,18-24,26-27,29-30,33-35,37-40H2,1-2H3,(H,61,62)(H2,58,59,60)/b11-10-,14-13-,17-16-,28-25+,31-6+,36-32+/t41?,42-,45?,46?,47?,48?,49-,50+/m1/s1. The first-order valence-corrected chi connectivity index (χ1v) is 28.1. The minimum absolute atomic E-state index is 0.0108. The number of phosphoric acid groups is 2. The van der Waals surface area contributed by atoms with Crippen LogP contribution in [0.15, 0.2) is 72.9 Å². The number of ether oxygens (including phenoxy) is 2. The number of carbonyl (C=O) groups is 2. The molecular formula is C50H86O17P2. The predicted molar refractivity (Wildman–Crippen MR) is 265 cm³/mol. The molecule has 1 rings (SSSR count). The Labute approximate surface area is 411 Å². The van der Waals surface area contributed by atoms with Gasteiger partial charge in [0.2, 0.25) is 0 Å². The molecule has 6 unspecified atom stereocenters. The second-order valence-electron chi connectivity index (χ2n) is 17.3. The number of unbranched alkanes of at least 4 members (excludes halogenated alkanes) is 15. The van der Waals surface area contributed by atoms with E-state index >= 15 is 0 Å². The van der Waals surface area contributed by atoms with Gasteiger partial charge in [-0.2, -0.15) is 0 Å². The van der Waals surface area contributed by atoms with Gasteiger partial charge in [0.15, 0.2) is 6.10 Å². The highest BCUT2D eigenvalue weighted by Crippen LogP contribution is 2.49. The Morgan fingerprint density at radius 2 is 1.06 bits per heavy atom. The molecule has 1 aliphatic carbocycles. The number of allylic oxidation sites excluding steroid dienone is 10. The normalized spacial score (nSPS) is 22.2. The van der Waals surface area contributed by atoms with Crippen molar-refractivity contribution in [3.63, 3.8) is 0 Å². The molecule has 9 atom stereocenters. The molecule has 0 spiro atoms.